The summed E-state index contributed by atoms with van der Waals surface area (Å²) in [6, 6.07) is 8.10. The van der Waals surface area contributed by atoms with Crippen molar-refractivity contribution in [2.75, 3.05) is 25.0 Å². The Bertz CT molecular complexity index is 999. The number of amides is 2. The van der Waals surface area contributed by atoms with Crippen molar-refractivity contribution in [2.24, 2.45) is 0 Å². The summed E-state index contributed by atoms with van der Waals surface area (Å²) in [5.74, 6) is 0.827. The van der Waals surface area contributed by atoms with Gasteiger partial charge in [0.2, 0.25) is 5.91 Å². The Balaban J connectivity index is 1.44. The fourth-order valence-corrected chi connectivity index (χ4v) is 3.99. The molecule has 2 aliphatic rings. The first-order valence-corrected chi connectivity index (χ1v) is 10.7. The summed E-state index contributed by atoms with van der Waals surface area (Å²) in [6.07, 6.45) is 5.15. The van der Waals surface area contributed by atoms with Crippen LogP contribution in [0.3, 0.4) is 0 Å². The van der Waals surface area contributed by atoms with E-state index in [0.717, 1.165) is 35.2 Å². The summed E-state index contributed by atoms with van der Waals surface area (Å²) in [5.41, 5.74) is 3.62. The van der Waals surface area contributed by atoms with Crippen LogP contribution in [0, 0.1) is 0 Å². The third kappa shape index (κ3) is 4.81. The van der Waals surface area contributed by atoms with Crippen molar-refractivity contribution >= 4 is 17.7 Å². The van der Waals surface area contributed by atoms with E-state index in [1.807, 2.05) is 52.2 Å². The van der Waals surface area contributed by atoms with Crippen LogP contribution in [0.25, 0.3) is 11.1 Å². The second kappa shape index (κ2) is 8.21. The molecule has 0 aliphatic carbocycles. The van der Waals surface area contributed by atoms with Gasteiger partial charge in [-0.25, -0.2) is 4.79 Å². The Morgan fingerprint density at radius 3 is 2.71 bits per heavy atom. The second-order valence-corrected chi connectivity index (χ2v) is 9.16. The summed E-state index contributed by atoms with van der Waals surface area (Å²) >= 11 is 0. The molecule has 2 aliphatic heterocycles. The standard InChI is InChI=1S/C24H29N3O4/c1-24(2,3)31-23(29)27-10-9-19(15-27)30-20-12-18(13-25-14-20)16-5-7-21-17(11-16)6-8-22(28)26(21)4/h5,7,11-14,19H,6,8-10,15H2,1-4H3. The average molecular weight is 424 g/mol. The molecule has 0 spiro atoms. The molecule has 164 valence electrons. The van der Waals surface area contributed by atoms with Crippen molar-refractivity contribution < 1.29 is 19.1 Å². The van der Waals surface area contributed by atoms with E-state index in [1.165, 1.54) is 0 Å². The number of aryl methyl sites for hydroxylation is 1. The zero-order valence-corrected chi connectivity index (χ0v) is 18.6. The van der Waals surface area contributed by atoms with Gasteiger partial charge in [-0.15, -0.1) is 0 Å². The molecule has 1 fully saturated rings. The van der Waals surface area contributed by atoms with Crippen LogP contribution >= 0.6 is 0 Å². The van der Waals surface area contributed by atoms with Gasteiger partial charge >= 0.3 is 6.09 Å². The lowest BCUT2D eigenvalue weighted by atomic mass is 9.97. The van der Waals surface area contributed by atoms with Gasteiger partial charge in [0.25, 0.3) is 0 Å². The van der Waals surface area contributed by atoms with Crippen molar-refractivity contribution in [3.05, 3.63) is 42.2 Å². The molecule has 0 saturated carbocycles. The van der Waals surface area contributed by atoms with Crippen molar-refractivity contribution in [1.82, 2.24) is 9.88 Å². The van der Waals surface area contributed by atoms with E-state index in [2.05, 4.69) is 11.1 Å². The van der Waals surface area contributed by atoms with Gasteiger partial charge < -0.3 is 19.3 Å². The van der Waals surface area contributed by atoms with Crippen molar-refractivity contribution in [2.45, 2.75) is 51.7 Å². The summed E-state index contributed by atoms with van der Waals surface area (Å²) < 4.78 is 11.6. The zero-order valence-electron chi connectivity index (χ0n) is 18.6. The number of fused-ring (bicyclic) bond motifs is 1. The average Bonchev–Trinajstić information content (AvgIpc) is 3.18. The molecule has 7 nitrogen and oxygen atoms in total. The largest absolute Gasteiger partial charge is 0.487 e. The number of ether oxygens (including phenoxy) is 2. The third-order valence-corrected chi connectivity index (χ3v) is 5.57. The van der Waals surface area contributed by atoms with Crippen LogP contribution in [0.2, 0.25) is 0 Å². The number of anilines is 1. The maximum Gasteiger partial charge on any atom is 0.410 e. The highest BCUT2D eigenvalue weighted by molar-refractivity contribution is 5.96. The zero-order chi connectivity index (χ0) is 22.2. The van der Waals surface area contributed by atoms with E-state index in [-0.39, 0.29) is 18.1 Å². The molecular formula is C24H29N3O4. The number of rotatable bonds is 3. The number of pyridine rings is 1. The Hall–Kier alpha value is -3.09. The predicted molar refractivity (Wildman–Crippen MR) is 118 cm³/mol. The normalized spacial score (nSPS) is 18.7. The molecule has 7 heteroatoms. The van der Waals surface area contributed by atoms with E-state index in [9.17, 15) is 9.59 Å². The number of hydrogen-bond acceptors (Lipinski definition) is 5. The Morgan fingerprint density at radius 1 is 1.13 bits per heavy atom. The lowest BCUT2D eigenvalue weighted by Gasteiger charge is -2.26. The fourth-order valence-electron chi connectivity index (χ4n) is 3.99. The molecule has 0 radical (unpaired) electrons. The van der Waals surface area contributed by atoms with Crippen LogP contribution in [-0.4, -0.2) is 53.7 Å². The van der Waals surface area contributed by atoms with E-state index in [0.29, 0.717) is 25.3 Å². The van der Waals surface area contributed by atoms with E-state index in [1.54, 1.807) is 16.0 Å². The third-order valence-electron chi connectivity index (χ3n) is 5.57. The second-order valence-electron chi connectivity index (χ2n) is 9.16. The molecule has 4 rings (SSSR count). The van der Waals surface area contributed by atoms with E-state index >= 15 is 0 Å². The van der Waals surface area contributed by atoms with Gasteiger partial charge in [-0.2, -0.15) is 0 Å². The van der Waals surface area contributed by atoms with Gasteiger partial charge in [-0.1, -0.05) is 6.07 Å². The monoisotopic (exact) mass is 423 g/mol. The molecule has 31 heavy (non-hydrogen) atoms. The molecule has 1 unspecified atom stereocenters. The van der Waals surface area contributed by atoms with Gasteiger partial charge in [-0.3, -0.25) is 9.78 Å². The highest BCUT2D eigenvalue weighted by Gasteiger charge is 2.31. The Kier molecular flexibility index (Phi) is 5.60. The van der Waals surface area contributed by atoms with Crippen LogP contribution in [0.5, 0.6) is 5.75 Å². The topological polar surface area (TPSA) is 72.0 Å². The number of hydrogen-bond donors (Lipinski definition) is 0. The molecule has 3 heterocycles. The maximum absolute atomic E-state index is 12.3. The molecule has 1 aromatic heterocycles. The van der Waals surface area contributed by atoms with Crippen molar-refractivity contribution in [3.63, 3.8) is 0 Å². The number of carbonyl (C=O) groups is 2. The Morgan fingerprint density at radius 2 is 1.94 bits per heavy atom. The molecule has 0 N–H and O–H groups in total. The van der Waals surface area contributed by atoms with Crippen LogP contribution in [-0.2, 0) is 16.0 Å². The minimum absolute atomic E-state index is 0.0900. The number of nitrogens with zero attached hydrogens (tertiary/aromatic N) is 3. The lowest BCUT2D eigenvalue weighted by molar-refractivity contribution is -0.118. The van der Waals surface area contributed by atoms with Gasteiger partial charge in [0.05, 0.1) is 12.7 Å². The molecule has 0 bridgehead atoms. The first-order valence-electron chi connectivity index (χ1n) is 10.7. The van der Waals surface area contributed by atoms with Crippen LogP contribution in [0.4, 0.5) is 10.5 Å². The Labute approximate surface area is 183 Å². The fraction of sp³-hybridized carbons (Fsp3) is 0.458. The SMILES string of the molecule is CN1C(=O)CCc2cc(-c3cncc(OC4CCN(C(=O)OC(C)(C)C)C4)c3)ccc21. The van der Waals surface area contributed by atoms with Crippen molar-refractivity contribution in [1.29, 1.82) is 0 Å². The van der Waals surface area contributed by atoms with Gasteiger partial charge in [-0.05, 0) is 56.5 Å². The highest BCUT2D eigenvalue weighted by atomic mass is 16.6. The number of likely N-dealkylation sites (tertiary alicyclic amines) is 1. The summed E-state index contributed by atoms with van der Waals surface area (Å²) in [6.45, 7) is 6.70. The molecule has 1 aromatic carbocycles. The van der Waals surface area contributed by atoms with Crippen LogP contribution in [0.1, 0.15) is 39.2 Å². The van der Waals surface area contributed by atoms with E-state index < -0.39 is 5.60 Å². The highest BCUT2D eigenvalue weighted by Crippen LogP contribution is 2.32. The first kappa shape index (κ1) is 21.2. The molecule has 2 aromatic rings. The summed E-state index contributed by atoms with van der Waals surface area (Å²) in [7, 11) is 1.82. The first-order chi connectivity index (χ1) is 14.7. The maximum atomic E-state index is 12.3. The number of aromatic nitrogens is 1. The van der Waals surface area contributed by atoms with Crippen molar-refractivity contribution in [3.8, 4) is 16.9 Å². The summed E-state index contributed by atoms with van der Waals surface area (Å²) in [4.78, 5) is 31.9. The van der Waals surface area contributed by atoms with Crippen LogP contribution in [0.15, 0.2) is 36.7 Å². The molecule has 1 atom stereocenters. The smallest absolute Gasteiger partial charge is 0.410 e. The quantitative estimate of drug-likeness (QED) is 0.745. The minimum Gasteiger partial charge on any atom is -0.487 e. The van der Waals surface area contributed by atoms with E-state index in [4.69, 9.17) is 9.47 Å². The minimum atomic E-state index is -0.509. The molecular weight excluding hydrogens is 394 g/mol. The summed E-state index contributed by atoms with van der Waals surface area (Å²) in [5, 5.41) is 0. The molecule has 2 amide bonds. The van der Waals surface area contributed by atoms with Crippen LogP contribution < -0.4 is 9.64 Å². The van der Waals surface area contributed by atoms with Gasteiger partial charge in [0.15, 0.2) is 0 Å². The van der Waals surface area contributed by atoms with Gasteiger partial charge in [0, 0.05) is 43.9 Å². The number of benzene rings is 1. The predicted octanol–water partition coefficient (Wildman–Crippen LogP) is 4.05. The molecule has 1 saturated heterocycles. The number of carbonyl (C=O) groups excluding carboxylic acids is 2. The van der Waals surface area contributed by atoms with Gasteiger partial charge in [0.1, 0.15) is 17.5 Å². The lowest BCUT2D eigenvalue weighted by Crippen LogP contribution is -2.36.